The van der Waals surface area contributed by atoms with Crippen LogP contribution in [-0.4, -0.2) is 20.4 Å². The van der Waals surface area contributed by atoms with Gasteiger partial charge in [-0.25, -0.2) is 9.97 Å². The average molecular weight is 365 g/mol. The third kappa shape index (κ3) is 2.70. The van der Waals surface area contributed by atoms with Crippen LogP contribution < -0.4 is 0 Å². The zero-order valence-electron chi connectivity index (χ0n) is 11.9. The van der Waals surface area contributed by atoms with Crippen molar-refractivity contribution in [1.82, 2.24) is 14.5 Å². The summed E-state index contributed by atoms with van der Waals surface area (Å²) in [4.78, 5) is 9.36. The second-order valence-electron chi connectivity index (χ2n) is 5.03. The molecule has 1 aromatic carbocycles. The molecule has 0 radical (unpaired) electrons. The van der Waals surface area contributed by atoms with Crippen LogP contribution in [0.2, 0.25) is 0 Å². The van der Waals surface area contributed by atoms with Crippen LogP contribution in [0.15, 0.2) is 34.8 Å². The third-order valence-electron chi connectivity index (χ3n) is 3.44. The zero-order chi connectivity index (χ0) is 15.0. The van der Waals surface area contributed by atoms with Gasteiger partial charge in [-0.2, -0.15) is 0 Å². The molecule has 21 heavy (non-hydrogen) atoms. The Hall–Kier alpha value is -1.39. The molecule has 0 atom stereocenters. The molecule has 2 aromatic heterocycles. The van der Waals surface area contributed by atoms with Gasteiger partial charge in [0.25, 0.3) is 0 Å². The van der Waals surface area contributed by atoms with Gasteiger partial charge in [-0.1, -0.05) is 22.0 Å². The summed E-state index contributed by atoms with van der Waals surface area (Å²) in [6.07, 6.45) is 0.711. The molecule has 0 aliphatic rings. The molecule has 3 rings (SSSR count). The topological polar surface area (TPSA) is 30.7 Å². The maximum absolute atomic E-state index is 5.94. The highest BCUT2D eigenvalue weighted by molar-refractivity contribution is 9.10. The molecule has 0 fully saturated rings. The molecule has 0 spiro atoms. The summed E-state index contributed by atoms with van der Waals surface area (Å²) in [7, 11) is 0. The molecule has 0 amide bonds. The van der Waals surface area contributed by atoms with Crippen molar-refractivity contribution < 1.29 is 0 Å². The Morgan fingerprint density at radius 3 is 2.71 bits per heavy atom. The van der Waals surface area contributed by atoms with Crippen LogP contribution in [-0.2, 0) is 6.42 Å². The summed E-state index contributed by atoms with van der Waals surface area (Å²) < 4.78 is 3.15. The Labute approximate surface area is 137 Å². The largest absolute Gasteiger partial charge is 0.280 e. The minimum Gasteiger partial charge on any atom is -0.280 e. The van der Waals surface area contributed by atoms with Crippen LogP contribution in [0.5, 0.6) is 0 Å². The maximum atomic E-state index is 5.94. The highest BCUT2D eigenvalue weighted by Gasteiger charge is 2.15. The van der Waals surface area contributed by atoms with Gasteiger partial charge in [0.05, 0.1) is 5.69 Å². The summed E-state index contributed by atoms with van der Waals surface area (Å²) in [5, 5.41) is 0. The van der Waals surface area contributed by atoms with Gasteiger partial charge >= 0.3 is 0 Å². The molecule has 5 heteroatoms. The van der Waals surface area contributed by atoms with Crippen molar-refractivity contribution in [3.05, 3.63) is 51.9 Å². The molecular weight excluding hydrogens is 350 g/mol. The summed E-state index contributed by atoms with van der Waals surface area (Å²) in [5.41, 5.74) is 5.03. The number of halogens is 2. The first kappa shape index (κ1) is 14.5. The SMILES string of the molecule is Cc1ccc2nc(CCCl)n(-c3cc(Br)ccc3C)c2n1. The number of hydrogen-bond acceptors (Lipinski definition) is 2. The van der Waals surface area contributed by atoms with E-state index >= 15 is 0 Å². The number of alkyl halides is 1. The summed E-state index contributed by atoms with van der Waals surface area (Å²) in [6.45, 7) is 4.08. The second kappa shape index (κ2) is 5.78. The van der Waals surface area contributed by atoms with Crippen molar-refractivity contribution in [2.24, 2.45) is 0 Å². The Balaban J connectivity index is 2.35. The van der Waals surface area contributed by atoms with Crippen LogP contribution in [0.3, 0.4) is 0 Å². The van der Waals surface area contributed by atoms with E-state index < -0.39 is 0 Å². The molecule has 2 heterocycles. The Kier molecular flexibility index (Phi) is 4.00. The lowest BCUT2D eigenvalue weighted by molar-refractivity contribution is 0.898. The minimum atomic E-state index is 0.537. The van der Waals surface area contributed by atoms with Crippen molar-refractivity contribution in [2.75, 3.05) is 5.88 Å². The predicted molar refractivity (Wildman–Crippen MR) is 90.5 cm³/mol. The van der Waals surface area contributed by atoms with E-state index in [2.05, 4.69) is 44.5 Å². The van der Waals surface area contributed by atoms with Gasteiger partial charge < -0.3 is 0 Å². The number of benzene rings is 1. The van der Waals surface area contributed by atoms with Gasteiger partial charge in [-0.15, -0.1) is 11.6 Å². The summed E-state index contributed by atoms with van der Waals surface area (Å²) in [5.74, 6) is 1.48. The van der Waals surface area contributed by atoms with Gasteiger partial charge in [0.15, 0.2) is 5.65 Å². The van der Waals surface area contributed by atoms with Gasteiger partial charge in [0.2, 0.25) is 0 Å². The molecule has 0 bridgehead atoms. The first-order valence-electron chi connectivity index (χ1n) is 6.77. The number of hydrogen-bond donors (Lipinski definition) is 0. The number of pyridine rings is 1. The van der Waals surface area contributed by atoms with E-state index in [1.165, 1.54) is 5.56 Å². The fourth-order valence-electron chi connectivity index (χ4n) is 2.43. The molecule has 0 aliphatic carbocycles. The standard InChI is InChI=1S/C16H15BrClN3/c1-10-3-5-12(17)9-14(10)21-15(7-8-18)20-13-6-4-11(2)19-16(13)21/h3-6,9H,7-8H2,1-2H3. The van der Waals surface area contributed by atoms with Gasteiger partial charge in [-0.3, -0.25) is 4.57 Å². The van der Waals surface area contributed by atoms with Crippen LogP contribution in [0, 0.1) is 13.8 Å². The van der Waals surface area contributed by atoms with Gasteiger partial charge in [-0.05, 0) is 43.7 Å². The highest BCUT2D eigenvalue weighted by atomic mass is 79.9. The van der Waals surface area contributed by atoms with Crippen LogP contribution >= 0.6 is 27.5 Å². The quantitative estimate of drug-likeness (QED) is 0.637. The van der Waals surface area contributed by atoms with E-state index in [9.17, 15) is 0 Å². The fraction of sp³-hybridized carbons (Fsp3) is 0.250. The lowest BCUT2D eigenvalue weighted by Crippen LogP contribution is -2.05. The van der Waals surface area contributed by atoms with Crippen molar-refractivity contribution in [3.8, 4) is 5.69 Å². The fourth-order valence-corrected chi connectivity index (χ4v) is 2.95. The number of nitrogens with zero attached hydrogens (tertiary/aromatic N) is 3. The molecule has 0 saturated carbocycles. The van der Waals surface area contributed by atoms with Gasteiger partial charge in [0.1, 0.15) is 11.3 Å². The predicted octanol–water partition coefficient (Wildman–Crippen LogP) is 4.58. The molecule has 0 saturated heterocycles. The van der Waals surface area contributed by atoms with E-state index in [-0.39, 0.29) is 0 Å². The number of imidazole rings is 1. The summed E-state index contributed by atoms with van der Waals surface area (Å²) in [6, 6.07) is 10.2. The lowest BCUT2D eigenvalue weighted by Gasteiger charge is -2.12. The number of rotatable bonds is 3. The molecule has 108 valence electrons. The molecule has 3 aromatic rings. The monoisotopic (exact) mass is 363 g/mol. The first-order valence-corrected chi connectivity index (χ1v) is 8.10. The first-order chi connectivity index (χ1) is 10.1. The number of aryl methyl sites for hydroxylation is 3. The smallest absolute Gasteiger partial charge is 0.164 e. The molecule has 0 aliphatic heterocycles. The molecule has 3 nitrogen and oxygen atoms in total. The summed E-state index contributed by atoms with van der Waals surface area (Å²) >= 11 is 9.49. The van der Waals surface area contributed by atoms with Crippen molar-refractivity contribution >= 4 is 38.7 Å². The average Bonchev–Trinajstić information content (AvgIpc) is 2.79. The Morgan fingerprint density at radius 1 is 1.14 bits per heavy atom. The van der Waals surface area contributed by atoms with Crippen molar-refractivity contribution in [3.63, 3.8) is 0 Å². The zero-order valence-corrected chi connectivity index (χ0v) is 14.2. The number of fused-ring (bicyclic) bond motifs is 1. The van der Waals surface area contributed by atoms with Crippen molar-refractivity contribution in [2.45, 2.75) is 20.3 Å². The highest BCUT2D eigenvalue weighted by Crippen LogP contribution is 2.26. The van der Waals surface area contributed by atoms with Gasteiger partial charge in [0, 0.05) is 22.5 Å². The minimum absolute atomic E-state index is 0.537. The van der Waals surface area contributed by atoms with E-state index in [0.29, 0.717) is 12.3 Å². The third-order valence-corrected chi connectivity index (χ3v) is 4.13. The Bertz CT molecular complexity index is 811. The van der Waals surface area contributed by atoms with Crippen molar-refractivity contribution in [1.29, 1.82) is 0 Å². The molecular formula is C16H15BrClN3. The van der Waals surface area contributed by atoms with Crippen LogP contribution in [0.1, 0.15) is 17.1 Å². The van der Waals surface area contributed by atoms with Crippen LogP contribution in [0.25, 0.3) is 16.9 Å². The lowest BCUT2D eigenvalue weighted by atomic mass is 10.2. The van der Waals surface area contributed by atoms with E-state index in [0.717, 1.165) is 32.8 Å². The van der Waals surface area contributed by atoms with E-state index in [4.69, 9.17) is 16.6 Å². The maximum Gasteiger partial charge on any atom is 0.164 e. The normalized spacial score (nSPS) is 11.2. The second-order valence-corrected chi connectivity index (χ2v) is 6.32. The van der Waals surface area contributed by atoms with E-state index in [1.54, 1.807) is 0 Å². The molecule has 0 N–H and O–H groups in total. The number of aromatic nitrogens is 3. The van der Waals surface area contributed by atoms with E-state index in [1.807, 2.05) is 25.1 Å². The molecule has 0 unspecified atom stereocenters. The van der Waals surface area contributed by atoms with Crippen LogP contribution in [0.4, 0.5) is 0 Å². The Morgan fingerprint density at radius 2 is 1.95 bits per heavy atom.